The normalized spacial score (nSPS) is 18.6. The van der Waals surface area contributed by atoms with Crippen LogP contribution in [0.25, 0.3) is 32.1 Å². The Morgan fingerprint density at radius 3 is 2.84 bits per heavy atom. The summed E-state index contributed by atoms with van der Waals surface area (Å²) in [6, 6.07) is 11.3. The minimum absolute atomic E-state index is 0.0129. The molecule has 2 saturated heterocycles. The van der Waals surface area contributed by atoms with Gasteiger partial charge in [0.25, 0.3) is 0 Å². The molecule has 2 fully saturated rings. The van der Waals surface area contributed by atoms with E-state index in [0.717, 1.165) is 30.7 Å². The molecule has 0 radical (unpaired) electrons. The minimum atomic E-state index is -0.966. The number of hydrogen-bond acceptors (Lipinski definition) is 10. The number of carbonyl (C=O) groups excluding carboxylic acids is 1. The number of nitriles is 1. The number of fused-ring (bicyclic) bond motifs is 3. The third-order valence-corrected chi connectivity index (χ3v) is 11.2. The maximum atomic E-state index is 17.0. The highest BCUT2D eigenvalue weighted by Crippen LogP contribution is 2.46. The van der Waals surface area contributed by atoms with Gasteiger partial charge in [-0.1, -0.05) is 23.7 Å². The number of carbonyl (C=O) groups is 1. The number of thiophene rings is 1. The van der Waals surface area contributed by atoms with Crippen molar-refractivity contribution < 1.29 is 22.7 Å². The lowest BCUT2D eigenvalue weighted by atomic mass is 9.95. The maximum Gasteiger partial charge on any atom is 0.319 e. The quantitative estimate of drug-likeness (QED) is 0.160. The number of pyridine rings is 1. The zero-order valence-electron chi connectivity index (χ0n) is 27.9. The summed E-state index contributed by atoms with van der Waals surface area (Å²) in [6.07, 6.45) is 3.29. The van der Waals surface area contributed by atoms with E-state index < -0.39 is 23.3 Å². The highest BCUT2D eigenvalue weighted by molar-refractivity contribution is 7.23. The Hall–Kier alpha value is -4.71. The van der Waals surface area contributed by atoms with Crippen LogP contribution in [0.5, 0.6) is 6.01 Å². The molecule has 2 N–H and O–H groups in total. The van der Waals surface area contributed by atoms with Gasteiger partial charge in [-0.05, 0) is 55.6 Å². The standard InChI is InChI=1S/C36H34ClF3N8O2S/c1-46(13-5-8-27(49)47(2)26-7-3-4-12-43-26)34-22-15-24(37)29(21-9-10-25(39)32-28(21)23(17-41)33(42)51-32)30(40)31(22)44-35(45-34)50-19-36-11-6-14-48(36)18-20(38)16-36/h3-4,7,9-10,12,15,20H,5-6,8,11,13-14,16,18-19,42H2,1-2H3/t20-,36+/m1/s1. The van der Waals surface area contributed by atoms with Crippen LogP contribution in [0.4, 0.5) is 29.8 Å². The minimum Gasteiger partial charge on any atom is -0.461 e. The van der Waals surface area contributed by atoms with Gasteiger partial charge in [0.15, 0.2) is 5.82 Å². The van der Waals surface area contributed by atoms with E-state index in [9.17, 15) is 18.8 Å². The predicted molar refractivity (Wildman–Crippen MR) is 193 cm³/mol. The number of aromatic nitrogens is 3. The van der Waals surface area contributed by atoms with E-state index in [1.807, 2.05) is 6.07 Å². The highest BCUT2D eigenvalue weighted by atomic mass is 35.5. The molecule has 264 valence electrons. The van der Waals surface area contributed by atoms with Crippen molar-refractivity contribution in [3.05, 3.63) is 64.8 Å². The summed E-state index contributed by atoms with van der Waals surface area (Å²) < 4.78 is 52.7. The second-order valence-corrected chi connectivity index (χ2v) is 14.5. The van der Waals surface area contributed by atoms with Crippen LogP contribution < -0.4 is 20.3 Å². The van der Waals surface area contributed by atoms with Crippen LogP contribution in [0, 0.1) is 23.0 Å². The molecule has 10 nitrogen and oxygen atoms in total. The summed E-state index contributed by atoms with van der Waals surface area (Å²) in [4.78, 5) is 31.8. The number of nitrogen functional groups attached to an aromatic ring is 1. The van der Waals surface area contributed by atoms with Crippen LogP contribution in [0.1, 0.15) is 37.7 Å². The van der Waals surface area contributed by atoms with Crippen molar-refractivity contribution in [1.29, 1.82) is 5.26 Å². The predicted octanol–water partition coefficient (Wildman–Crippen LogP) is 7.13. The molecular formula is C36H34ClF3N8O2S. The van der Waals surface area contributed by atoms with E-state index in [2.05, 4.69) is 14.9 Å². The lowest BCUT2D eigenvalue weighted by Crippen LogP contribution is -2.43. The molecule has 1 amide bonds. The monoisotopic (exact) mass is 734 g/mol. The van der Waals surface area contributed by atoms with Crippen LogP contribution in [-0.4, -0.2) is 77.8 Å². The van der Waals surface area contributed by atoms with Crippen molar-refractivity contribution in [2.75, 3.05) is 55.9 Å². The average Bonchev–Trinajstić information content (AvgIpc) is 3.77. The largest absolute Gasteiger partial charge is 0.461 e. The first-order valence-electron chi connectivity index (χ1n) is 16.5. The molecular weight excluding hydrogens is 701 g/mol. The third-order valence-electron chi connectivity index (χ3n) is 9.89. The van der Waals surface area contributed by atoms with E-state index in [-0.39, 0.29) is 72.6 Å². The SMILES string of the molecule is CN(CCCC(=O)N(C)c1ccccn1)c1nc(OC[C@@]23CCCN2C[C@H](F)C3)nc2c(F)c(-c3ccc(F)c4sc(N)c(C#N)c34)c(Cl)cc12. The first-order valence-corrected chi connectivity index (χ1v) is 17.7. The van der Waals surface area contributed by atoms with Crippen molar-refractivity contribution in [3.63, 3.8) is 0 Å². The summed E-state index contributed by atoms with van der Waals surface area (Å²) in [5.41, 5.74) is 5.58. The molecule has 2 aromatic carbocycles. The average molecular weight is 735 g/mol. The molecule has 2 aliphatic heterocycles. The molecule has 0 unspecified atom stereocenters. The van der Waals surface area contributed by atoms with Gasteiger partial charge in [-0.25, -0.2) is 18.2 Å². The van der Waals surface area contributed by atoms with Gasteiger partial charge >= 0.3 is 6.01 Å². The van der Waals surface area contributed by atoms with Crippen LogP contribution in [0.2, 0.25) is 5.02 Å². The third kappa shape index (κ3) is 6.28. The molecule has 3 aromatic heterocycles. The number of amides is 1. The molecule has 0 spiro atoms. The van der Waals surface area contributed by atoms with Gasteiger partial charge < -0.3 is 15.4 Å². The molecule has 15 heteroatoms. The van der Waals surface area contributed by atoms with E-state index in [0.29, 0.717) is 37.6 Å². The molecule has 5 aromatic rings. The fourth-order valence-corrected chi connectivity index (χ4v) is 8.58. The molecule has 51 heavy (non-hydrogen) atoms. The zero-order valence-corrected chi connectivity index (χ0v) is 29.5. The van der Waals surface area contributed by atoms with Crippen LogP contribution in [0.15, 0.2) is 42.6 Å². The molecule has 7 rings (SSSR count). The Balaban J connectivity index is 1.27. The molecule has 0 bridgehead atoms. The Kier molecular flexibility index (Phi) is 9.38. The molecule has 5 heterocycles. The van der Waals surface area contributed by atoms with Gasteiger partial charge in [0.05, 0.1) is 20.8 Å². The molecule has 2 aliphatic rings. The first kappa shape index (κ1) is 34.7. The smallest absolute Gasteiger partial charge is 0.319 e. The maximum absolute atomic E-state index is 17.0. The summed E-state index contributed by atoms with van der Waals surface area (Å²) in [6.45, 7) is 1.58. The number of anilines is 3. The lowest BCUT2D eigenvalue weighted by molar-refractivity contribution is -0.118. The summed E-state index contributed by atoms with van der Waals surface area (Å²) in [5, 5.41) is 10.4. The van der Waals surface area contributed by atoms with Gasteiger partial charge in [0.2, 0.25) is 5.91 Å². The van der Waals surface area contributed by atoms with Crippen LogP contribution >= 0.6 is 22.9 Å². The number of nitrogens with two attached hydrogens (primary N) is 1. The van der Waals surface area contributed by atoms with Crippen LogP contribution in [-0.2, 0) is 4.79 Å². The van der Waals surface area contributed by atoms with E-state index in [1.54, 1.807) is 43.4 Å². The second kappa shape index (κ2) is 13.8. The number of halogens is 4. The summed E-state index contributed by atoms with van der Waals surface area (Å²) in [5.74, 6) is -0.702. The van der Waals surface area contributed by atoms with Crippen molar-refractivity contribution in [2.24, 2.45) is 0 Å². The Labute approximate surface area is 301 Å². The van der Waals surface area contributed by atoms with Crippen molar-refractivity contribution in [1.82, 2.24) is 19.9 Å². The Morgan fingerprint density at radius 2 is 2.08 bits per heavy atom. The number of hydrogen-bond donors (Lipinski definition) is 1. The number of rotatable bonds is 10. The van der Waals surface area contributed by atoms with E-state index in [1.165, 1.54) is 23.1 Å². The zero-order chi connectivity index (χ0) is 36.0. The number of nitrogens with zero attached hydrogens (tertiary/aromatic N) is 7. The van der Waals surface area contributed by atoms with Crippen molar-refractivity contribution in [3.8, 4) is 23.2 Å². The molecule has 0 saturated carbocycles. The van der Waals surface area contributed by atoms with Gasteiger partial charge in [0.1, 0.15) is 46.8 Å². The van der Waals surface area contributed by atoms with E-state index >= 15 is 4.39 Å². The Morgan fingerprint density at radius 1 is 1.25 bits per heavy atom. The fourth-order valence-electron chi connectivity index (χ4n) is 7.34. The van der Waals surface area contributed by atoms with Crippen LogP contribution in [0.3, 0.4) is 0 Å². The topological polar surface area (TPSA) is 124 Å². The number of alkyl halides is 1. The van der Waals surface area contributed by atoms with E-state index in [4.69, 9.17) is 27.1 Å². The summed E-state index contributed by atoms with van der Waals surface area (Å²) >= 11 is 7.71. The Bertz CT molecular complexity index is 2200. The van der Waals surface area contributed by atoms with Gasteiger partial charge in [-0.3, -0.25) is 14.6 Å². The second-order valence-electron chi connectivity index (χ2n) is 13.1. The number of ether oxygens (including phenoxy) is 1. The fraction of sp³-hybridized carbons (Fsp3) is 0.361. The first-order chi connectivity index (χ1) is 24.5. The summed E-state index contributed by atoms with van der Waals surface area (Å²) in [7, 11) is 3.43. The molecule has 2 atom stereocenters. The van der Waals surface area contributed by atoms with Crippen molar-refractivity contribution >= 4 is 66.5 Å². The van der Waals surface area contributed by atoms with Gasteiger partial charge in [-0.2, -0.15) is 15.2 Å². The van der Waals surface area contributed by atoms with Gasteiger partial charge in [0, 0.05) is 62.6 Å². The lowest BCUT2D eigenvalue weighted by Gasteiger charge is -2.31. The van der Waals surface area contributed by atoms with Gasteiger partial charge in [-0.15, -0.1) is 11.3 Å². The number of benzene rings is 2. The van der Waals surface area contributed by atoms with Crippen molar-refractivity contribution in [2.45, 2.75) is 43.8 Å². The molecule has 0 aliphatic carbocycles. The highest BCUT2D eigenvalue weighted by Gasteiger charge is 2.49.